The second-order valence-electron chi connectivity index (χ2n) is 6.10. The van der Waals surface area contributed by atoms with Gasteiger partial charge in [-0.1, -0.05) is 12.1 Å². The highest BCUT2D eigenvalue weighted by Gasteiger charge is 2.31. The van der Waals surface area contributed by atoms with Crippen molar-refractivity contribution in [3.63, 3.8) is 0 Å². The van der Waals surface area contributed by atoms with Crippen LogP contribution in [0, 0.1) is 6.92 Å². The molecule has 0 aliphatic carbocycles. The van der Waals surface area contributed by atoms with Crippen molar-refractivity contribution in [1.29, 1.82) is 0 Å². The number of hydrogen-bond donors (Lipinski definition) is 0. The molecule has 0 bridgehead atoms. The summed E-state index contributed by atoms with van der Waals surface area (Å²) in [6.07, 6.45) is 4.84. The van der Waals surface area contributed by atoms with Gasteiger partial charge in [0.15, 0.2) is 0 Å². The van der Waals surface area contributed by atoms with Crippen LogP contribution in [-0.2, 0) is 6.42 Å². The summed E-state index contributed by atoms with van der Waals surface area (Å²) in [5.74, 6) is 0.115. The lowest BCUT2D eigenvalue weighted by Crippen LogP contribution is -2.36. The second-order valence-corrected chi connectivity index (χ2v) is 7.13. The molecule has 3 aromatic rings. The Morgan fingerprint density at radius 2 is 2.26 bits per heavy atom. The summed E-state index contributed by atoms with van der Waals surface area (Å²) >= 11 is 1.77. The van der Waals surface area contributed by atoms with E-state index in [9.17, 15) is 4.79 Å². The zero-order valence-electron chi connectivity index (χ0n) is 13.1. The summed E-state index contributed by atoms with van der Waals surface area (Å²) in [4.78, 5) is 16.4. The minimum absolute atomic E-state index is 0.115. The van der Waals surface area contributed by atoms with Crippen molar-refractivity contribution in [2.75, 3.05) is 6.54 Å². The van der Waals surface area contributed by atoms with E-state index >= 15 is 0 Å². The van der Waals surface area contributed by atoms with Gasteiger partial charge in [-0.15, -0.1) is 11.3 Å². The Morgan fingerprint density at radius 1 is 1.35 bits per heavy atom. The molecule has 23 heavy (non-hydrogen) atoms. The molecule has 1 fully saturated rings. The second kappa shape index (κ2) is 5.81. The maximum Gasteiger partial charge on any atom is 0.257 e. The predicted molar refractivity (Wildman–Crippen MR) is 92.0 cm³/mol. The van der Waals surface area contributed by atoms with Crippen LogP contribution in [0.5, 0.6) is 0 Å². The van der Waals surface area contributed by atoms with Crippen molar-refractivity contribution in [3.05, 3.63) is 58.0 Å². The summed E-state index contributed by atoms with van der Waals surface area (Å²) < 4.78 is 1.84. The van der Waals surface area contributed by atoms with E-state index in [0.717, 1.165) is 37.0 Å². The zero-order valence-corrected chi connectivity index (χ0v) is 13.9. The highest BCUT2D eigenvalue weighted by atomic mass is 32.1. The van der Waals surface area contributed by atoms with Crippen molar-refractivity contribution in [1.82, 2.24) is 14.5 Å². The number of amides is 1. The quantitative estimate of drug-likeness (QED) is 0.738. The van der Waals surface area contributed by atoms with E-state index in [1.165, 1.54) is 4.88 Å². The maximum absolute atomic E-state index is 13.0. The Balaban J connectivity index is 1.63. The fraction of sp³-hybridized carbons (Fsp3) is 0.333. The highest BCUT2D eigenvalue weighted by Crippen LogP contribution is 2.26. The van der Waals surface area contributed by atoms with Crippen LogP contribution in [0.2, 0.25) is 0 Å². The number of rotatable bonds is 3. The molecule has 1 atom stereocenters. The molecular formula is C18H19N3OS. The van der Waals surface area contributed by atoms with Gasteiger partial charge in [-0.2, -0.15) is 5.10 Å². The van der Waals surface area contributed by atoms with Gasteiger partial charge < -0.3 is 4.90 Å². The molecule has 118 valence electrons. The Hall–Kier alpha value is -2.14. The number of likely N-dealkylation sites (tertiary alicyclic amines) is 1. The lowest BCUT2D eigenvalue weighted by molar-refractivity contribution is 0.0739. The molecule has 5 heteroatoms. The third kappa shape index (κ3) is 2.55. The van der Waals surface area contributed by atoms with E-state index in [1.807, 2.05) is 34.5 Å². The van der Waals surface area contributed by atoms with Crippen LogP contribution in [0.4, 0.5) is 0 Å². The molecule has 0 unspecified atom stereocenters. The Morgan fingerprint density at radius 3 is 3.09 bits per heavy atom. The third-order valence-corrected chi connectivity index (χ3v) is 5.52. The first-order valence-electron chi connectivity index (χ1n) is 8.01. The first-order valence-corrected chi connectivity index (χ1v) is 8.89. The lowest BCUT2D eigenvalue weighted by Gasteiger charge is -2.24. The van der Waals surface area contributed by atoms with Gasteiger partial charge in [-0.05, 0) is 43.3 Å². The molecular weight excluding hydrogens is 306 g/mol. The molecule has 1 amide bonds. The topological polar surface area (TPSA) is 37.6 Å². The smallest absolute Gasteiger partial charge is 0.257 e. The van der Waals surface area contributed by atoms with Gasteiger partial charge in [0.2, 0.25) is 0 Å². The standard InChI is InChI=1S/C18H19N3OS/c1-13-5-2-8-17-16(12-19-21(13)17)18(22)20-9-3-6-14(20)11-15-7-4-10-23-15/h2,4-5,7-8,10,12,14H,3,6,9,11H2,1H3/t14-/m0/s1. The Labute approximate surface area is 139 Å². The molecule has 1 aliphatic rings. The molecule has 1 saturated heterocycles. The van der Waals surface area contributed by atoms with Crippen molar-refractivity contribution < 1.29 is 4.79 Å². The number of carbonyl (C=O) groups excluding carboxylic acids is 1. The van der Waals surface area contributed by atoms with E-state index in [-0.39, 0.29) is 5.91 Å². The first-order chi connectivity index (χ1) is 11.2. The Kier molecular flexibility index (Phi) is 3.65. The van der Waals surface area contributed by atoms with E-state index in [1.54, 1.807) is 17.5 Å². The number of pyridine rings is 1. The summed E-state index contributed by atoms with van der Waals surface area (Å²) in [6, 6.07) is 10.5. The predicted octanol–water partition coefficient (Wildman–Crippen LogP) is 3.55. The summed E-state index contributed by atoms with van der Waals surface area (Å²) in [7, 11) is 0. The number of nitrogens with zero attached hydrogens (tertiary/aromatic N) is 3. The lowest BCUT2D eigenvalue weighted by atomic mass is 10.1. The van der Waals surface area contributed by atoms with Crippen molar-refractivity contribution in [2.24, 2.45) is 0 Å². The number of fused-ring (bicyclic) bond motifs is 1. The van der Waals surface area contributed by atoms with E-state index in [0.29, 0.717) is 11.6 Å². The van der Waals surface area contributed by atoms with Crippen LogP contribution in [0.25, 0.3) is 5.52 Å². The van der Waals surface area contributed by atoms with Crippen molar-refractivity contribution >= 4 is 22.8 Å². The molecule has 0 radical (unpaired) electrons. The number of carbonyl (C=O) groups is 1. The summed E-state index contributed by atoms with van der Waals surface area (Å²) in [5, 5.41) is 6.48. The highest BCUT2D eigenvalue weighted by molar-refractivity contribution is 7.09. The normalized spacial score (nSPS) is 18.0. The molecule has 1 aliphatic heterocycles. The van der Waals surface area contributed by atoms with Crippen LogP contribution in [0.1, 0.15) is 33.8 Å². The van der Waals surface area contributed by atoms with Gasteiger partial charge in [-0.3, -0.25) is 4.79 Å². The molecule has 3 aromatic heterocycles. The SMILES string of the molecule is Cc1cccc2c(C(=O)N3CCC[C@H]3Cc3cccs3)cnn12. The van der Waals surface area contributed by atoms with E-state index in [2.05, 4.69) is 22.6 Å². The van der Waals surface area contributed by atoms with Crippen LogP contribution >= 0.6 is 11.3 Å². The van der Waals surface area contributed by atoms with E-state index < -0.39 is 0 Å². The van der Waals surface area contributed by atoms with Crippen LogP contribution in [0.3, 0.4) is 0 Å². The molecule has 0 N–H and O–H groups in total. The molecule has 4 heterocycles. The van der Waals surface area contributed by atoms with Gasteiger partial charge in [-0.25, -0.2) is 4.52 Å². The Bertz CT molecular complexity index is 837. The number of aromatic nitrogens is 2. The molecule has 4 rings (SSSR count). The minimum atomic E-state index is 0.115. The van der Waals surface area contributed by atoms with Gasteiger partial charge in [0.05, 0.1) is 17.3 Å². The number of aryl methyl sites for hydroxylation is 1. The van der Waals surface area contributed by atoms with Crippen LogP contribution < -0.4 is 0 Å². The molecule has 0 spiro atoms. The maximum atomic E-state index is 13.0. The summed E-state index contributed by atoms with van der Waals surface area (Å²) in [6.45, 7) is 2.85. The largest absolute Gasteiger partial charge is 0.335 e. The van der Waals surface area contributed by atoms with Crippen molar-refractivity contribution in [3.8, 4) is 0 Å². The van der Waals surface area contributed by atoms with Gasteiger partial charge in [0.1, 0.15) is 0 Å². The van der Waals surface area contributed by atoms with Gasteiger partial charge in [0.25, 0.3) is 5.91 Å². The first kappa shape index (κ1) is 14.5. The monoisotopic (exact) mass is 325 g/mol. The molecule has 0 aromatic carbocycles. The fourth-order valence-electron chi connectivity index (χ4n) is 3.44. The van der Waals surface area contributed by atoms with Gasteiger partial charge >= 0.3 is 0 Å². The van der Waals surface area contributed by atoms with Crippen LogP contribution in [0.15, 0.2) is 41.9 Å². The van der Waals surface area contributed by atoms with Gasteiger partial charge in [0, 0.05) is 29.6 Å². The third-order valence-electron chi connectivity index (χ3n) is 4.62. The molecule has 4 nitrogen and oxygen atoms in total. The minimum Gasteiger partial charge on any atom is -0.335 e. The fourth-order valence-corrected chi connectivity index (χ4v) is 4.22. The van der Waals surface area contributed by atoms with Crippen molar-refractivity contribution in [2.45, 2.75) is 32.2 Å². The number of hydrogen-bond acceptors (Lipinski definition) is 3. The zero-order chi connectivity index (χ0) is 15.8. The summed E-state index contributed by atoms with van der Waals surface area (Å²) in [5.41, 5.74) is 2.65. The molecule has 0 saturated carbocycles. The average molecular weight is 325 g/mol. The average Bonchev–Trinajstić information content (AvgIpc) is 3.27. The van der Waals surface area contributed by atoms with E-state index in [4.69, 9.17) is 0 Å². The van der Waals surface area contributed by atoms with Crippen LogP contribution in [-0.4, -0.2) is 33.0 Å². The number of thiophene rings is 1.